The average Bonchev–Trinajstić information content (AvgIpc) is 2.62. The van der Waals surface area contributed by atoms with Gasteiger partial charge in [-0.15, -0.1) is 0 Å². The van der Waals surface area contributed by atoms with Crippen molar-refractivity contribution in [1.82, 2.24) is 0 Å². The van der Waals surface area contributed by atoms with Crippen LogP contribution in [0.2, 0.25) is 0 Å². The Morgan fingerprint density at radius 1 is 0.846 bits per heavy atom. The minimum absolute atomic E-state index is 0.373. The van der Waals surface area contributed by atoms with Crippen molar-refractivity contribution in [2.75, 3.05) is 0 Å². The molecule has 0 amide bonds. The molecule has 0 radical (unpaired) electrons. The van der Waals surface area contributed by atoms with E-state index in [0.717, 1.165) is 0 Å². The lowest BCUT2D eigenvalue weighted by atomic mass is 9.87. The molecule has 13 heavy (non-hydrogen) atoms. The summed E-state index contributed by atoms with van der Waals surface area (Å²) in [5.74, 6) is 0. The molecule has 0 saturated carbocycles. The molecule has 0 fully saturated rings. The lowest BCUT2D eigenvalue weighted by Gasteiger charge is -2.16. The topological polar surface area (TPSA) is 9.23 Å². The van der Waals surface area contributed by atoms with E-state index in [1.807, 2.05) is 0 Å². The van der Waals surface area contributed by atoms with Crippen molar-refractivity contribution in [2.24, 2.45) is 0 Å². The minimum atomic E-state index is 0.373. The van der Waals surface area contributed by atoms with E-state index in [-0.39, 0.29) is 0 Å². The molecule has 1 aliphatic carbocycles. The maximum absolute atomic E-state index is 5.85. The second kappa shape index (κ2) is 2.98. The van der Waals surface area contributed by atoms with Crippen molar-refractivity contribution in [3.05, 3.63) is 23.3 Å². The van der Waals surface area contributed by atoms with Gasteiger partial charge < -0.3 is 4.74 Å². The van der Waals surface area contributed by atoms with Gasteiger partial charge in [0.1, 0.15) is 0 Å². The smallest absolute Gasteiger partial charge is 0.0984 e. The van der Waals surface area contributed by atoms with Crippen molar-refractivity contribution >= 4 is 0 Å². The number of fused-ring (bicyclic) bond motifs is 4. The molecule has 2 aliphatic heterocycles. The van der Waals surface area contributed by atoms with Crippen LogP contribution in [0.5, 0.6) is 0 Å². The molecule has 3 aliphatic rings. The maximum Gasteiger partial charge on any atom is 0.0984 e. The fourth-order valence-corrected chi connectivity index (χ4v) is 2.80. The number of rotatable bonds is 0. The van der Waals surface area contributed by atoms with E-state index < -0.39 is 0 Å². The predicted octanol–water partition coefficient (Wildman–Crippen LogP) is 2.97. The number of hydrogen-bond donors (Lipinski definition) is 0. The van der Waals surface area contributed by atoms with Crippen LogP contribution in [0.25, 0.3) is 0 Å². The van der Waals surface area contributed by atoms with Crippen LogP contribution in [0, 0.1) is 0 Å². The Bertz CT molecular complexity index is 249. The summed E-state index contributed by atoms with van der Waals surface area (Å²) in [6.07, 6.45) is 13.4. The highest BCUT2D eigenvalue weighted by Gasteiger charge is 2.35. The first-order chi connectivity index (χ1) is 6.45. The van der Waals surface area contributed by atoms with Gasteiger partial charge in [0.05, 0.1) is 12.2 Å². The maximum atomic E-state index is 5.85. The Kier molecular flexibility index (Phi) is 1.79. The predicted molar refractivity (Wildman–Crippen MR) is 52.5 cm³/mol. The standard InChI is InChI=1S/C12H16O/c1-2-4-6-10-9(5-3-1)11-7-8-12(10)13-11/h7-8,11-12H,1-6H2. The number of ether oxygens (including phenoxy) is 1. The van der Waals surface area contributed by atoms with Gasteiger partial charge in [-0.05, 0) is 36.8 Å². The van der Waals surface area contributed by atoms with E-state index in [4.69, 9.17) is 4.74 Å². The first-order valence-electron chi connectivity index (χ1n) is 5.51. The monoisotopic (exact) mass is 176 g/mol. The van der Waals surface area contributed by atoms with Gasteiger partial charge >= 0.3 is 0 Å². The lowest BCUT2D eigenvalue weighted by Crippen LogP contribution is -2.06. The second-order valence-corrected chi connectivity index (χ2v) is 4.33. The molecule has 1 nitrogen and oxygen atoms in total. The SMILES string of the molecule is C1=CC2OC1C1=C2CCCCCC1. The van der Waals surface area contributed by atoms with Gasteiger partial charge in [0, 0.05) is 0 Å². The van der Waals surface area contributed by atoms with Gasteiger partial charge in [0.2, 0.25) is 0 Å². The van der Waals surface area contributed by atoms with Crippen LogP contribution < -0.4 is 0 Å². The molecule has 1 heteroatoms. The summed E-state index contributed by atoms with van der Waals surface area (Å²) in [4.78, 5) is 0. The van der Waals surface area contributed by atoms with Gasteiger partial charge in [-0.25, -0.2) is 0 Å². The van der Waals surface area contributed by atoms with Crippen LogP contribution in [0.1, 0.15) is 38.5 Å². The molecule has 0 saturated heterocycles. The highest BCUT2D eigenvalue weighted by atomic mass is 16.5. The van der Waals surface area contributed by atoms with Crippen LogP contribution in [0.3, 0.4) is 0 Å². The summed E-state index contributed by atoms with van der Waals surface area (Å²) in [6, 6.07) is 0. The zero-order valence-electron chi connectivity index (χ0n) is 7.96. The fourth-order valence-electron chi connectivity index (χ4n) is 2.80. The molecule has 0 N–H and O–H groups in total. The van der Waals surface area contributed by atoms with Gasteiger partial charge in [-0.3, -0.25) is 0 Å². The molecule has 2 atom stereocenters. The molecule has 0 spiro atoms. The highest BCUT2D eigenvalue weighted by Crippen LogP contribution is 2.40. The molecule has 2 bridgehead atoms. The third kappa shape index (κ3) is 1.18. The summed E-state index contributed by atoms with van der Waals surface area (Å²) in [5.41, 5.74) is 3.26. The van der Waals surface area contributed by atoms with E-state index >= 15 is 0 Å². The summed E-state index contributed by atoms with van der Waals surface area (Å²) < 4.78 is 5.85. The van der Waals surface area contributed by atoms with E-state index in [9.17, 15) is 0 Å². The van der Waals surface area contributed by atoms with E-state index in [1.165, 1.54) is 38.5 Å². The molecule has 2 heterocycles. The first-order valence-corrected chi connectivity index (χ1v) is 5.51. The van der Waals surface area contributed by atoms with Crippen molar-refractivity contribution in [3.63, 3.8) is 0 Å². The van der Waals surface area contributed by atoms with Crippen molar-refractivity contribution in [1.29, 1.82) is 0 Å². The van der Waals surface area contributed by atoms with Crippen molar-refractivity contribution < 1.29 is 4.74 Å². The third-order valence-electron chi connectivity index (χ3n) is 3.50. The van der Waals surface area contributed by atoms with Crippen molar-refractivity contribution in [2.45, 2.75) is 50.7 Å². The summed E-state index contributed by atoms with van der Waals surface area (Å²) in [7, 11) is 0. The highest BCUT2D eigenvalue weighted by molar-refractivity contribution is 5.39. The Labute approximate surface area is 79.5 Å². The lowest BCUT2D eigenvalue weighted by molar-refractivity contribution is 0.125. The molecule has 0 aromatic rings. The minimum Gasteiger partial charge on any atom is -0.358 e. The van der Waals surface area contributed by atoms with Crippen LogP contribution in [-0.4, -0.2) is 12.2 Å². The normalized spacial score (nSPS) is 37.5. The van der Waals surface area contributed by atoms with E-state index in [2.05, 4.69) is 12.2 Å². The summed E-state index contributed by atoms with van der Waals surface area (Å²) in [5, 5.41) is 0. The van der Waals surface area contributed by atoms with Gasteiger partial charge in [0.25, 0.3) is 0 Å². The van der Waals surface area contributed by atoms with Crippen LogP contribution in [0.4, 0.5) is 0 Å². The zero-order chi connectivity index (χ0) is 8.67. The second-order valence-electron chi connectivity index (χ2n) is 4.33. The number of hydrogen-bond acceptors (Lipinski definition) is 1. The Morgan fingerprint density at radius 2 is 1.38 bits per heavy atom. The Morgan fingerprint density at radius 3 is 1.92 bits per heavy atom. The van der Waals surface area contributed by atoms with Crippen LogP contribution in [-0.2, 0) is 4.74 Å². The van der Waals surface area contributed by atoms with Gasteiger partial charge in [-0.2, -0.15) is 0 Å². The van der Waals surface area contributed by atoms with E-state index in [1.54, 1.807) is 11.1 Å². The molecule has 2 unspecified atom stereocenters. The van der Waals surface area contributed by atoms with E-state index in [0.29, 0.717) is 12.2 Å². The molecular weight excluding hydrogens is 160 g/mol. The fraction of sp³-hybridized carbons (Fsp3) is 0.667. The quantitative estimate of drug-likeness (QED) is 0.515. The molecule has 3 rings (SSSR count). The molecule has 0 aromatic heterocycles. The van der Waals surface area contributed by atoms with Crippen LogP contribution in [0.15, 0.2) is 23.3 Å². The van der Waals surface area contributed by atoms with Gasteiger partial charge in [0.15, 0.2) is 0 Å². The molecular formula is C12H16O. The van der Waals surface area contributed by atoms with Crippen LogP contribution >= 0.6 is 0 Å². The Hall–Kier alpha value is -0.560. The van der Waals surface area contributed by atoms with Crippen molar-refractivity contribution in [3.8, 4) is 0 Å². The zero-order valence-corrected chi connectivity index (χ0v) is 7.96. The van der Waals surface area contributed by atoms with Gasteiger partial charge in [-0.1, -0.05) is 25.0 Å². The average molecular weight is 176 g/mol. The third-order valence-corrected chi connectivity index (χ3v) is 3.50. The summed E-state index contributed by atoms with van der Waals surface area (Å²) >= 11 is 0. The summed E-state index contributed by atoms with van der Waals surface area (Å²) in [6.45, 7) is 0. The Balaban J connectivity index is 1.89. The first kappa shape index (κ1) is 7.81. The largest absolute Gasteiger partial charge is 0.358 e. The molecule has 0 aromatic carbocycles. The molecule has 70 valence electrons.